The van der Waals surface area contributed by atoms with Gasteiger partial charge in [-0.25, -0.2) is 14.2 Å². The van der Waals surface area contributed by atoms with E-state index in [1.54, 1.807) is 6.92 Å². The first-order chi connectivity index (χ1) is 15.7. The van der Waals surface area contributed by atoms with E-state index in [9.17, 15) is 22.4 Å². The first-order valence-corrected chi connectivity index (χ1v) is 11.1. The molecule has 0 radical (unpaired) electrons. The zero-order chi connectivity index (χ0) is 23.8. The Labute approximate surface area is 189 Å². The van der Waals surface area contributed by atoms with Crippen LogP contribution in [0.2, 0.25) is 0 Å². The van der Waals surface area contributed by atoms with Crippen LogP contribution in [0, 0.1) is 18.7 Å². The fourth-order valence-corrected chi connectivity index (χ4v) is 5.06. The summed E-state index contributed by atoms with van der Waals surface area (Å²) in [5.74, 6) is -2.56. The molecular formula is C21H21F4N3O4S. The smallest absolute Gasteiger partial charge is 0.439 e. The zero-order valence-corrected chi connectivity index (χ0v) is 18.6. The van der Waals surface area contributed by atoms with Gasteiger partial charge in [-0.3, -0.25) is 9.51 Å². The second-order valence-corrected chi connectivity index (χ2v) is 8.98. The molecule has 1 fully saturated rings. The van der Waals surface area contributed by atoms with Gasteiger partial charge in [0.15, 0.2) is 17.4 Å². The lowest BCUT2D eigenvalue weighted by atomic mass is 9.82. The van der Waals surface area contributed by atoms with Crippen LogP contribution in [0.3, 0.4) is 0 Å². The normalized spacial score (nSPS) is 19.0. The van der Waals surface area contributed by atoms with Crippen molar-refractivity contribution < 1.29 is 31.6 Å². The zero-order valence-electron chi connectivity index (χ0n) is 17.8. The van der Waals surface area contributed by atoms with Crippen LogP contribution in [0.4, 0.5) is 17.6 Å². The molecular weight excluding hydrogens is 466 g/mol. The predicted octanol–water partition coefficient (Wildman–Crippen LogP) is 5.36. The fraction of sp³-hybridized carbons (Fsp3) is 0.476. The topological polar surface area (TPSA) is 90.2 Å². The van der Waals surface area contributed by atoms with Gasteiger partial charge in [-0.2, -0.15) is 13.2 Å². The van der Waals surface area contributed by atoms with Crippen molar-refractivity contribution in [2.75, 3.05) is 7.11 Å². The molecule has 0 unspecified atom stereocenters. The Hall–Kier alpha value is -2.89. The molecule has 0 saturated heterocycles. The molecule has 1 aromatic carbocycles. The van der Waals surface area contributed by atoms with Gasteiger partial charge in [-0.1, -0.05) is 5.16 Å². The summed E-state index contributed by atoms with van der Waals surface area (Å²) in [6.45, 7) is 1.84. The number of thiazole rings is 1. The number of nitrogens with zero attached hydrogens (tertiary/aromatic N) is 2. The molecule has 0 bridgehead atoms. The quantitative estimate of drug-likeness (QED) is 0.471. The summed E-state index contributed by atoms with van der Waals surface area (Å²) in [6, 6.07) is 2.46. The maximum Gasteiger partial charge on any atom is 0.439 e. The average Bonchev–Trinajstić information content (AvgIpc) is 3.37. The van der Waals surface area contributed by atoms with Gasteiger partial charge in [0.1, 0.15) is 12.4 Å². The molecule has 3 aromatic rings. The van der Waals surface area contributed by atoms with E-state index >= 15 is 0 Å². The molecule has 0 aliphatic heterocycles. The summed E-state index contributed by atoms with van der Waals surface area (Å²) >= 11 is 1.38. The van der Waals surface area contributed by atoms with E-state index in [4.69, 9.17) is 9.47 Å². The monoisotopic (exact) mass is 487 g/mol. The van der Waals surface area contributed by atoms with Crippen molar-refractivity contribution in [1.29, 1.82) is 0 Å². The maximum absolute atomic E-state index is 14.7. The summed E-state index contributed by atoms with van der Waals surface area (Å²) < 4.78 is 68.8. The van der Waals surface area contributed by atoms with E-state index in [0.29, 0.717) is 18.5 Å². The molecule has 1 aliphatic carbocycles. The first kappa shape index (κ1) is 23.3. The van der Waals surface area contributed by atoms with Crippen molar-refractivity contribution in [3.05, 3.63) is 44.1 Å². The van der Waals surface area contributed by atoms with Gasteiger partial charge in [0.2, 0.25) is 0 Å². The van der Waals surface area contributed by atoms with Gasteiger partial charge >= 0.3 is 11.9 Å². The molecule has 4 rings (SSSR count). The van der Waals surface area contributed by atoms with Crippen molar-refractivity contribution in [2.45, 2.75) is 51.3 Å². The van der Waals surface area contributed by atoms with Crippen LogP contribution in [0.15, 0.2) is 21.5 Å². The van der Waals surface area contributed by atoms with E-state index in [2.05, 4.69) is 19.6 Å². The third-order valence-corrected chi connectivity index (χ3v) is 7.05. The van der Waals surface area contributed by atoms with Crippen LogP contribution in [-0.2, 0) is 6.61 Å². The number of hydrogen-bond donors (Lipinski definition) is 1. The molecule has 0 atom stereocenters. The summed E-state index contributed by atoms with van der Waals surface area (Å²) in [6.07, 6.45) is -3.06. The number of hydrogen-bond acceptors (Lipinski definition) is 7. The Balaban J connectivity index is 1.46. The van der Waals surface area contributed by atoms with Crippen LogP contribution >= 0.6 is 11.3 Å². The number of alkyl halides is 3. The first-order valence-electron chi connectivity index (χ1n) is 10.2. The minimum absolute atomic E-state index is 0.0122. The molecule has 2 heterocycles. The van der Waals surface area contributed by atoms with Gasteiger partial charge < -0.3 is 9.47 Å². The van der Waals surface area contributed by atoms with Crippen molar-refractivity contribution in [2.24, 2.45) is 5.92 Å². The number of rotatable bonds is 6. The number of H-pyrrole nitrogens is 1. The highest BCUT2D eigenvalue weighted by Crippen LogP contribution is 2.44. The van der Waals surface area contributed by atoms with Crippen molar-refractivity contribution in [3.63, 3.8) is 0 Å². The van der Waals surface area contributed by atoms with Crippen LogP contribution in [0.5, 0.6) is 11.5 Å². The van der Waals surface area contributed by atoms with E-state index in [1.165, 1.54) is 24.5 Å². The number of methoxy groups -OCH3 is 1. The second-order valence-electron chi connectivity index (χ2n) is 7.87. The summed E-state index contributed by atoms with van der Waals surface area (Å²) in [5, 5.41) is 4.32. The second kappa shape index (κ2) is 9.16. The van der Waals surface area contributed by atoms with E-state index in [-0.39, 0.29) is 48.3 Å². The third-order valence-electron chi connectivity index (χ3n) is 5.76. The average molecular weight is 487 g/mol. The van der Waals surface area contributed by atoms with Gasteiger partial charge in [0.25, 0.3) is 0 Å². The third kappa shape index (κ3) is 5.05. The highest BCUT2D eigenvalue weighted by atomic mass is 32.1. The van der Waals surface area contributed by atoms with Crippen LogP contribution in [0.25, 0.3) is 11.4 Å². The molecule has 7 nitrogen and oxygen atoms in total. The SMILES string of the molecule is COc1cc(OCc2sc([C@H]3CC[C@H](C(F)(F)F)CC3)nc2C)c(F)cc1-c1noc(=O)[nH]1. The fourth-order valence-electron chi connectivity index (χ4n) is 3.92. The van der Waals surface area contributed by atoms with E-state index in [1.807, 2.05) is 0 Å². The van der Waals surface area contributed by atoms with Crippen molar-refractivity contribution in [1.82, 2.24) is 15.1 Å². The lowest BCUT2D eigenvalue weighted by molar-refractivity contribution is -0.182. The molecule has 178 valence electrons. The number of ether oxygens (including phenoxy) is 2. The molecule has 0 amide bonds. The van der Waals surface area contributed by atoms with E-state index in [0.717, 1.165) is 16.0 Å². The van der Waals surface area contributed by atoms with Crippen molar-refractivity contribution >= 4 is 11.3 Å². The standard InChI is InChI=1S/C21H21F4N3O4S/c1-10-17(33-19(26-10)11-3-5-12(6-4-11)21(23,24)25)9-31-16-8-15(30-2)13(7-14(16)22)18-27-20(29)32-28-18/h7-8,11-12H,3-6,9H2,1-2H3,(H,27,28,29)/t11-,12-. The molecule has 1 N–H and O–H groups in total. The predicted molar refractivity (Wildman–Crippen MR) is 111 cm³/mol. The van der Waals surface area contributed by atoms with Crippen LogP contribution in [0.1, 0.15) is 47.2 Å². The number of benzene rings is 1. The molecule has 1 aliphatic rings. The Morgan fingerprint density at radius 1 is 1.21 bits per heavy atom. The molecule has 33 heavy (non-hydrogen) atoms. The number of halogens is 4. The Morgan fingerprint density at radius 3 is 2.55 bits per heavy atom. The number of aromatic nitrogens is 3. The summed E-state index contributed by atoms with van der Waals surface area (Å²) in [5.41, 5.74) is 0.899. The van der Waals surface area contributed by atoms with Crippen molar-refractivity contribution in [3.8, 4) is 22.9 Å². The molecule has 0 spiro atoms. The molecule has 12 heteroatoms. The lowest BCUT2D eigenvalue weighted by Crippen LogP contribution is -2.27. The van der Waals surface area contributed by atoms with Gasteiger partial charge in [0.05, 0.1) is 34.2 Å². The van der Waals surface area contributed by atoms with Crippen LogP contribution < -0.4 is 15.2 Å². The lowest BCUT2D eigenvalue weighted by Gasteiger charge is -2.28. The largest absolute Gasteiger partial charge is 0.496 e. The minimum atomic E-state index is -4.15. The molecule has 1 saturated carbocycles. The number of nitrogens with one attached hydrogen (secondary N) is 1. The summed E-state index contributed by atoms with van der Waals surface area (Å²) in [7, 11) is 1.38. The Morgan fingerprint density at radius 2 is 1.94 bits per heavy atom. The maximum atomic E-state index is 14.7. The highest BCUT2D eigenvalue weighted by Gasteiger charge is 2.42. The van der Waals surface area contributed by atoms with Crippen LogP contribution in [-0.4, -0.2) is 28.4 Å². The van der Waals surface area contributed by atoms with E-state index < -0.39 is 23.7 Å². The Kier molecular flexibility index (Phi) is 6.46. The molecule has 2 aromatic heterocycles. The number of aromatic amines is 1. The summed E-state index contributed by atoms with van der Waals surface area (Å²) in [4.78, 5) is 18.8. The number of aryl methyl sites for hydroxylation is 1. The van der Waals surface area contributed by atoms with Gasteiger partial charge in [-0.15, -0.1) is 11.3 Å². The van der Waals surface area contributed by atoms with Gasteiger partial charge in [-0.05, 0) is 38.7 Å². The highest BCUT2D eigenvalue weighted by molar-refractivity contribution is 7.11. The Bertz CT molecular complexity index is 1180. The minimum Gasteiger partial charge on any atom is -0.496 e. The van der Waals surface area contributed by atoms with Gasteiger partial charge in [0, 0.05) is 12.0 Å².